The van der Waals surface area contributed by atoms with Crippen LogP contribution in [0.15, 0.2) is 54.7 Å². The molecule has 9 heteroatoms. The Hall–Kier alpha value is -2.90. The van der Waals surface area contributed by atoms with Crippen molar-refractivity contribution >= 4 is 34.9 Å². The minimum absolute atomic E-state index is 0.110. The van der Waals surface area contributed by atoms with E-state index in [0.717, 1.165) is 24.8 Å². The Kier molecular flexibility index (Phi) is 4.98. The van der Waals surface area contributed by atoms with Crippen molar-refractivity contribution in [3.05, 3.63) is 70.3 Å². The van der Waals surface area contributed by atoms with E-state index < -0.39 is 11.7 Å². The van der Waals surface area contributed by atoms with Gasteiger partial charge in [0.25, 0.3) is 0 Å². The average Bonchev–Trinajstić information content (AvgIpc) is 3.01. The van der Waals surface area contributed by atoms with Gasteiger partial charge >= 0.3 is 6.29 Å². The number of anilines is 1. The summed E-state index contributed by atoms with van der Waals surface area (Å²) in [5, 5.41) is 3.71. The molecule has 164 valence electrons. The van der Waals surface area contributed by atoms with Crippen molar-refractivity contribution in [2.75, 3.05) is 5.32 Å². The summed E-state index contributed by atoms with van der Waals surface area (Å²) < 4.78 is 35.5. The van der Waals surface area contributed by atoms with E-state index in [1.54, 1.807) is 24.3 Å². The van der Waals surface area contributed by atoms with Crippen LogP contribution in [-0.2, 0) is 10.2 Å². The zero-order valence-electron chi connectivity index (χ0n) is 16.5. The molecule has 0 saturated heterocycles. The van der Waals surface area contributed by atoms with Crippen molar-refractivity contribution < 1.29 is 23.0 Å². The molecule has 0 bridgehead atoms. The molecule has 1 amide bonds. The third-order valence-electron chi connectivity index (χ3n) is 5.85. The average molecular weight is 477 g/mol. The number of nitrogens with zero attached hydrogens (tertiary/aromatic N) is 1. The first-order valence-electron chi connectivity index (χ1n) is 9.89. The number of fused-ring (bicyclic) bond motifs is 1. The lowest BCUT2D eigenvalue weighted by atomic mass is 9.64. The number of amides is 1. The van der Waals surface area contributed by atoms with Gasteiger partial charge in [0.15, 0.2) is 11.5 Å². The minimum atomic E-state index is -3.72. The molecule has 1 N–H and O–H groups in total. The number of benzene rings is 2. The molecule has 3 aromatic rings. The normalized spacial score (nSPS) is 17.5. The van der Waals surface area contributed by atoms with Crippen LogP contribution in [0.4, 0.5) is 14.6 Å². The lowest BCUT2D eigenvalue weighted by molar-refractivity contribution is -0.286. The predicted molar refractivity (Wildman–Crippen MR) is 116 cm³/mol. The van der Waals surface area contributed by atoms with E-state index in [1.807, 2.05) is 12.1 Å². The Morgan fingerprint density at radius 2 is 1.69 bits per heavy atom. The first-order valence-corrected chi connectivity index (χ1v) is 10.6. The van der Waals surface area contributed by atoms with Gasteiger partial charge in [-0.2, -0.15) is 0 Å². The Labute approximate surface area is 192 Å². The van der Waals surface area contributed by atoms with Crippen molar-refractivity contribution in [1.82, 2.24) is 4.98 Å². The van der Waals surface area contributed by atoms with Gasteiger partial charge in [-0.25, -0.2) is 4.98 Å². The van der Waals surface area contributed by atoms with Gasteiger partial charge in [-0.3, -0.25) is 4.79 Å². The van der Waals surface area contributed by atoms with Crippen LogP contribution in [0.3, 0.4) is 0 Å². The fourth-order valence-corrected chi connectivity index (χ4v) is 4.39. The molecule has 2 aromatic carbocycles. The smallest absolute Gasteiger partial charge is 0.395 e. The number of ether oxygens (including phenoxy) is 2. The van der Waals surface area contributed by atoms with E-state index in [-0.39, 0.29) is 22.4 Å². The molecule has 1 fully saturated rings. The van der Waals surface area contributed by atoms with E-state index >= 15 is 0 Å². The van der Waals surface area contributed by atoms with Crippen LogP contribution in [0.2, 0.25) is 10.0 Å². The standard InChI is InChI=1S/C23H16Cl2F2N2O3/c24-15-5-3-14(4-6-15)22(8-1-9-22)21(30)29-20-7-2-13(12-28-20)16-10-18-19(11-17(16)25)32-23(26,27)31-18/h2-7,10-12H,1,8-9H2,(H,28,29,30). The second-order valence-electron chi connectivity index (χ2n) is 7.78. The van der Waals surface area contributed by atoms with Gasteiger partial charge in [-0.05, 0) is 48.7 Å². The minimum Gasteiger partial charge on any atom is -0.395 e. The van der Waals surface area contributed by atoms with E-state index in [0.29, 0.717) is 22.0 Å². The summed E-state index contributed by atoms with van der Waals surface area (Å²) in [6.07, 6.45) is 0.237. The van der Waals surface area contributed by atoms with Gasteiger partial charge in [0, 0.05) is 28.4 Å². The van der Waals surface area contributed by atoms with Gasteiger partial charge in [0.2, 0.25) is 5.91 Å². The zero-order valence-corrected chi connectivity index (χ0v) is 18.0. The number of aromatic nitrogens is 1. The van der Waals surface area contributed by atoms with Crippen molar-refractivity contribution in [2.45, 2.75) is 31.0 Å². The molecule has 32 heavy (non-hydrogen) atoms. The first-order chi connectivity index (χ1) is 15.3. The zero-order chi connectivity index (χ0) is 22.5. The van der Waals surface area contributed by atoms with E-state index in [4.69, 9.17) is 23.2 Å². The fourth-order valence-electron chi connectivity index (χ4n) is 4.00. The van der Waals surface area contributed by atoms with Crippen molar-refractivity contribution in [3.63, 3.8) is 0 Å². The Balaban J connectivity index is 1.36. The van der Waals surface area contributed by atoms with Gasteiger partial charge in [-0.15, -0.1) is 8.78 Å². The maximum absolute atomic E-state index is 13.3. The van der Waals surface area contributed by atoms with Crippen molar-refractivity contribution in [2.24, 2.45) is 0 Å². The number of halogens is 4. The summed E-state index contributed by atoms with van der Waals surface area (Å²) in [6, 6.07) is 13.3. The summed E-state index contributed by atoms with van der Waals surface area (Å²) in [5.74, 6) is 0.00677. The van der Waals surface area contributed by atoms with Crippen LogP contribution < -0.4 is 14.8 Å². The van der Waals surface area contributed by atoms with Crippen LogP contribution in [0.1, 0.15) is 24.8 Å². The topological polar surface area (TPSA) is 60.5 Å². The molecule has 1 aliphatic carbocycles. The van der Waals surface area contributed by atoms with Gasteiger partial charge in [0.05, 0.1) is 10.4 Å². The summed E-state index contributed by atoms with van der Waals surface area (Å²) >= 11 is 12.2. The lowest BCUT2D eigenvalue weighted by Gasteiger charge is -2.40. The lowest BCUT2D eigenvalue weighted by Crippen LogP contribution is -2.46. The quantitative estimate of drug-likeness (QED) is 0.470. The maximum atomic E-state index is 13.3. The van der Waals surface area contributed by atoms with Crippen LogP contribution in [-0.4, -0.2) is 17.2 Å². The number of nitrogens with one attached hydrogen (secondary N) is 1. The highest BCUT2D eigenvalue weighted by Gasteiger charge is 2.46. The first kappa shape index (κ1) is 21.0. The summed E-state index contributed by atoms with van der Waals surface area (Å²) in [5.41, 5.74) is 1.35. The Morgan fingerprint density at radius 1 is 1.00 bits per heavy atom. The number of carbonyl (C=O) groups is 1. The second kappa shape index (κ2) is 7.60. The fraction of sp³-hybridized carbons (Fsp3) is 0.217. The molecule has 5 nitrogen and oxygen atoms in total. The molecule has 0 atom stereocenters. The molecule has 1 saturated carbocycles. The largest absolute Gasteiger partial charge is 0.586 e. The van der Waals surface area contributed by atoms with Crippen LogP contribution >= 0.6 is 23.2 Å². The van der Waals surface area contributed by atoms with Crippen molar-refractivity contribution in [1.29, 1.82) is 0 Å². The Bertz CT molecular complexity index is 1200. The van der Waals surface area contributed by atoms with E-state index in [9.17, 15) is 13.6 Å². The van der Waals surface area contributed by atoms with Crippen LogP contribution in [0.5, 0.6) is 11.5 Å². The molecular formula is C23H16Cl2F2N2O3. The molecule has 0 spiro atoms. The van der Waals surface area contributed by atoms with Gasteiger partial charge in [0.1, 0.15) is 5.82 Å². The molecule has 2 heterocycles. The Morgan fingerprint density at radius 3 is 2.28 bits per heavy atom. The van der Waals surface area contributed by atoms with Crippen molar-refractivity contribution in [3.8, 4) is 22.6 Å². The second-order valence-corrected chi connectivity index (χ2v) is 8.62. The molecule has 1 aromatic heterocycles. The van der Waals surface area contributed by atoms with Crippen LogP contribution in [0, 0.1) is 0 Å². The highest BCUT2D eigenvalue weighted by Crippen LogP contribution is 2.47. The number of hydrogen-bond acceptors (Lipinski definition) is 4. The number of carbonyl (C=O) groups excluding carboxylic acids is 1. The molecule has 5 rings (SSSR count). The van der Waals surface area contributed by atoms with Gasteiger partial charge in [-0.1, -0.05) is 41.8 Å². The maximum Gasteiger partial charge on any atom is 0.586 e. The molecule has 1 aliphatic heterocycles. The predicted octanol–water partition coefficient (Wildman–Crippen LogP) is 6.44. The monoisotopic (exact) mass is 476 g/mol. The van der Waals surface area contributed by atoms with Crippen LogP contribution in [0.25, 0.3) is 11.1 Å². The van der Waals surface area contributed by atoms with E-state index in [1.165, 1.54) is 18.3 Å². The van der Waals surface area contributed by atoms with E-state index in [2.05, 4.69) is 19.8 Å². The molecule has 0 radical (unpaired) electrons. The number of hydrogen-bond donors (Lipinski definition) is 1. The SMILES string of the molecule is O=C(Nc1ccc(-c2cc3c(cc2Cl)OC(F)(F)O3)cn1)C1(c2ccc(Cl)cc2)CCC1. The highest BCUT2D eigenvalue weighted by atomic mass is 35.5. The number of alkyl halides is 2. The third kappa shape index (κ3) is 3.65. The molecular weight excluding hydrogens is 461 g/mol. The summed E-state index contributed by atoms with van der Waals surface area (Å²) in [4.78, 5) is 17.4. The number of pyridine rings is 1. The summed E-state index contributed by atoms with van der Waals surface area (Å²) in [6.45, 7) is 0. The third-order valence-corrected chi connectivity index (χ3v) is 6.41. The molecule has 2 aliphatic rings. The summed E-state index contributed by atoms with van der Waals surface area (Å²) in [7, 11) is 0. The highest BCUT2D eigenvalue weighted by molar-refractivity contribution is 6.33. The molecule has 0 unspecified atom stereocenters. The number of rotatable bonds is 4. The van der Waals surface area contributed by atoms with Gasteiger partial charge < -0.3 is 14.8 Å².